The standard InChI is InChI=1S/C32H50N2O10S2/c1-3-5-7-9-11-13-15-17-21-45(39,40)43-33-29(35)25-23-19-20-24(26(25)30(33)36)28-27(23)31(37)34(32(28)38)44-46(41,42)22-18-16-14-12-10-8-6-4-2/h19-20,23-24,35-38H,3-18,21-22H2,1-2H3. The van der Waals surface area contributed by atoms with Gasteiger partial charge in [0.1, 0.15) is 0 Å². The highest BCUT2D eigenvalue weighted by Crippen LogP contribution is 2.60. The molecule has 2 bridgehead atoms. The molecule has 0 aliphatic heterocycles. The molecular formula is C32H50N2O10S2. The Labute approximate surface area is 272 Å². The van der Waals surface area contributed by atoms with Crippen molar-refractivity contribution in [2.45, 2.75) is 128 Å². The molecule has 0 aromatic carbocycles. The smallest absolute Gasteiger partial charge is 0.327 e. The minimum absolute atomic E-state index is 0.0778. The summed E-state index contributed by atoms with van der Waals surface area (Å²) < 4.78 is 62.2. The van der Waals surface area contributed by atoms with Gasteiger partial charge in [-0.2, -0.15) is 16.8 Å². The summed E-state index contributed by atoms with van der Waals surface area (Å²) in [6.07, 6.45) is 18.5. The third-order valence-electron chi connectivity index (χ3n) is 8.93. The van der Waals surface area contributed by atoms with Gasteiger partial charge in [-0.3, -0.25) is 8.57 Å². The van der Waals surface area contributed by atoms with Gasteiger partial charge in [0.2, 0.25) is 23.5 Å². The van der Waals surface area contributed by atoms with Crippen LogP contribution in [0.25, 0.3) is 0 Å². The van der Waals surface area contributed by atoms with Crippen LogP contribution in [0.5, 0.6) is 23.5 Å². The summed E-state index contributed by atoms with van der Waals surface area (Å²) in [5.74, 6) is -5.20. The summed E-state index contributed by atoms with van der Waals surface area (Å²) in [4.78, 5) is 0. The van der Waals surface area contributed by atoms with E-state index in [-0.39, 0.29) is 33.8 Å². The fourth-order valence-corrected chi connectivity index (χ4v) is 8.51. The zero-order valence-electron chi connectivity index (χ0n) is 27.0. The average molecular weight is 687 g/mol. The van der Waals surface area contributed by atoms with Crippen LogP contribution in [0.2, 0.25) is 0 Å². The van der Waals surface area contributed by atoms with Gasteiger partial charge in [0.15, 0.2) is 0 Å². The second-order valence-electron chi connectivity index (χ2n) is 12.5. The molecule has 14 heteroatoms. The molecule has 4 N–H and O–H groups in total. The molecule has 0 saturated carbocycles. The van der Waals surface area contributed by atoms with E-state index in [9.17, 15) is 37.3 Å². The number of aromatic hydroxyl groups is 4. The maximum Gasteiger partial charge on any atom is 0.327 e. The van der Waals surface area contributed by atoms with E-state index in [0.29, 0.717) is 35.1 Å². The molecule has 0 atom stereocenters. The SMILES string of the molecule is CCCCCCCCCCS(=O)(=O)On1c(O)c2c(c1O)C1C=CC2c2c1c(O)n(OS(=O)(=O)CCCCCCCCCC)c2O. The molecule has 5 rings (SSSR count). The first-order chi connectivity index (χ1) is 21.9. The molecule has 46 heavy (non-hydrogen) atoms. The van der Waals surface area contributed by atoms with Gasteiger partial charge in [0, 0.05) is 34.1 Å². The molecule has 2 aromatic rings. The molecule has 3 aliphatic carbocycles. The fraction of sp³-hybridized carbons (Fsp3) is 0.688. The number of rotatable bonds is 22. The van der Waals surface area contributed by atoms with E-state index < -0.39 is 55.6 Å². The number of unbranched alkanes of at least 4 members (excludes halogenated alkanes) is 14. The first-order valence-corrected chi connectivity index (χ1v) is 20.0. The zero-order chi connectivity index (χ0) is 33.5. The van der Waals surface area contributed by atoms with Gasteiger partial charge in [0.05, 0.1) is 11.5 Å². The van der Waals surface area contributed by atoms with E-state index in [2.05, 4.69) is 13.8 Å². The van der Waals surface area contributed by atoms with Crippen molar-refractivity contribution in [2.75, 3.05) is 11.5 Å². The Morgan fingerprint density at radius 1 is 0.500 bits per heavy atom. The van der Waals surface area contributed by atoms with Crippen LogP contribution in [-0.2, 0) is 20.2 Å². The van der Waals surface area contributed by atoms with Crippen LogP contribution in [0.1, 0.15) is 151 Å². The molecule has 2 aromatic heterocycles. The van der Waals surface area contributed by atoms with Crippen molar-refractivity contribution in [3.63, 3.8) is 0 Å². The first kappa shape index (κ1) is 35.8. The molecule has 3 aliphatic rings. The lowest BCUT2D eigenvalue weighted by molar-refractivity contribution is 0.199. The van der Waals surface area contributed by atoms with E-state index in [1.807, 2.05) is 0 Å². The predicted molar refractivity (Wildman–Crippen MR) is 174 cm³/mol. The summed E-state index contributed by atoms with van der Waals surface area (Å²) in [5, 5.41) is 44.1. The molecule has 2 heterocycles. The van der Waals surface area contributed by atoms with E-state index in [4.69, 9.17) is 8.57 Å². The highest BCUT2D eigenvalue weighted by atomic mass is 32.2. The Bertz CT molecular complexity index is 1400. The quantitative estimate of drug-likeness (QED) is 0.0841. The van der Waals surface area contributed by atoms with E-state index >= 15 is 0 Å². The molecular weight excluding hydrogens is 636 g/mol. The van der Waals surface area contributed by atoms with Gasteiger partial charge in [-0.25, -0.2) is 0 Å². The number of allylic oxidation sites excluding steroid dienone is 2. The Hall–Kier alpha value is -3.00. The van der Waals surface area contributed by atoms with Crippen molar-refractivity contribution < 1.29 is 45.8 Å². The first-order valence-electron chi connectivity index (χ1n) is 16.8. The van der Waals surface area contributed by atoms with Crippen LogP contribution in [-0.4, -0.2) is 58.2 Å². The average Bonchev–Trinajstić information content (AvgIpc) is 3.42. The van der Waals surface area contributed by atoms with Crippen LogP contribution in [0.4, 0.5) is 0 Å². The van der Waals surface area contributed by atoms with Crippen LogP contribution in [0.15, 0.2) is 12.2 Å². The second kappa shape index (κ2) is 15.7. The van der Waals surface area contributed by atoms with Gasteiger partial charge >= 0.3 is 20.2 Å². The summed E-state index contributed by atoms with van der Waals surface area (Å²) in [5.41, 5.74) is 0.311. The van der Waals surface area contributed by atoms with E-state index in [1.54, 1.807) is 12.2 Å². The van der Waals surface area contributed by atoms with Gasteiger partial charge < -0.3 is 20.4 Å². The second-order valence-corrected chi connectivity index (χ2v) is 15.8. The minimum Gasteiger partial charge on any atom is -0.492 e. The highest BCUT2D eigenvalue weighted by molar-refractivity contribution is 7.87. The lowest BCUT2D eigenvalue weighted by Gasteiger charge is -2.30. The Morgan fingerprint density at radius 3 is 1.04 bits per heavy atom. The molecule has 260 valence electrons. The maximum absolute atomic E-state index is 12.8. The van der Waals surface area contributed by atoms with Crippen molar-refractivity contribution in [2.24, 2.45) is 0 Å². The van der Waals surface area contributed by atoms with Crippen molar-refractivity contribution in [3.05, 3.63) is 34.4 Å². The van der Waals surface area contributed by atoms with Crippen molar-refractivity contribution in [1.29, 1.82) is 0 Å². The topological polar surface area (TPSA) is 178 Å². The monoisotopic (exact) mass is 686 g/mol. The minimum atomic E-state index is -4.18. The third kappa shape index (κ3) is 8.10. The Kier molecular flexibility index (Phi) is 12.3. The van der Waals surface area contributed by atoms with E-state index in [1.165, 1.54) is 25.7 Å². The summed E-state index contributed by atoms with van der Waals surface area (Å²) in [7, 11) is -8.35. The lowest BCUT2D eigenvalue weighted by Crippen LogP contribution is -2.22. The molecule has 0 radical (unpaired) electrons. The zero-order valence-corrected chi connectivity index (χ0v) is 28.6. The fourth-order valence-electron chi connectivity index (χ4n) is 6.51. The van der Waals surface area contributed by atoms with Gasteiger partial charge in [-0.15, -0.1) is 0 Å². The van der Waals surface area contributed by atoms with Crippen molar-refractivity contribution in [3.8, 4) is 23.5 Å². The van der Waals surface area contributed by atoms with Gasteiger partial charge in [-0.1, -0.05) is 125 Å². The van der Waals surface area contributed by atoms with Crippen molar-refractivity contribution in [1.82, 2.24) is 9.46 Å². The Morgan fingerprint density at radius 2 is 0.761 bits per heavy atom. The number of nitrogens with zero attached hydrogens (tertiary/aromatic N) is 2. The summed E-state index contributed by atoms with van der Waals surface area (Å²) >= 11 is 0. The third-order valence-corrected chi connectivity index (χ3v) is 11.3. The highest BCUT2D eigenvalue weighted by Gasteiger charge is 2.48. The normalized spacial score (nSPS) is 16.9. The molecule has 0 unspecified atom stereocenters. The predicted octanol–water partition coefficient (Wildman–Crippen LogP) is 6.06. The van der Waals surface area contributed by atoms with Crippen LogP contribution < -0.4 is 8.57 Å². The number of aromatic nitrogens is 2. The molecule has 0 amide bonds. The Balaban J connectivity index is 1.42. The molecule has 12 nitrogen and oxygen atoms in total. The van der Waals surface area contributed by atoms with Crippen LogP contribution >= 0.6 is 0 Å². The summed E-state index contributed by atoms with van der Waals surface area (Å²) in [6, 6.07) is 0. The molecule has 0 saturated heterocycles. The summed E-state index contributed by atoms with van der Waals surface area (Å²) in [6.45, 7) is 4.29. The lowest BCUT2D eigenvalue weighted by atomic mass is 9.70. The van der Waals surface area contributed by atoms with Gasteiger partial charge in [-0.05, 0) is 12.8 Å². The maximum atomic E-state index is 12.8. The van der Waals surface area contributed by atoms with Gasteiger partial charge in [0.25, 0.3) is 0 Å². The van der Waals surface area contributed by atoms with Crippen molar-refractivity contribution >= 4 is 20.2 Å². The molecule has 0 spiro atoms. The largest absolute Gasteiger partial charge is 0.492 e. The van der Waals surface area contributed by atoms with Crippen LogP contribution in [0.3, 0.4) is 0 Å². The number of hydrogen-bond acceptors (Lipinski definition) is 10. The van der Waals surface area contributed by atoms with Crippen LogP contribution in [0, 0.1) is 0 Å². The van der Waals surface area contributed by atoms with E-state index in [0.717, 1.165) is 51.4 Å². The molecule has 0 fully saturated rings. The number of hydrogen-bond donors (Lipinski definition) is 4.